The summed E-state index contributed by atoms with van der Waals surface area (Å²) in [6.45, 7) is 3.79. The maximum Gasteiger partial charge on any atom is 0.323 e. The van der Waals surface area contributed by atoms with Gasteiger partial charge in [-0.25, -0.2) is 9.59 Å². The van der Waals surface area contributed by atoms with Crippen LogP contribution >= 0.6 is 0 Å². The van der Waals surface area contributed by atoms with E-state index in [9.17, 15) is 9.59 Å². The van der Waals surface area contributed by atoms with Gasteiger partial charge in [-0.05, 0) is 68.4 Å². The molecule has 2 heterocycles. The second kappa shape index (κ2) is 11.2. The smallest absolute Gasteiger partial charge is 0.323 e. The first-order valence-electron chi connectivity index (χ1n) is 12.5. The number of rotatable bonds is 6. The number of anilines is 4. The number of fused-ring (bicyclic) bond motifs is 2. The maximum atomic E-state index is 12.7. The van der Waals surface area contributed by atoms with Gasteiger partial charge in [-0.3, -0.25) is 9.97 Å². The molecule has 2 aromatic heterocycles. The van der Waals surface area contributed by atoms with Crippen LogP contribution in [0.4, 0.5) is 32.3 Å². The largest absolute Gasteiger partial charge is 0.496 e. The number of nitrogens with one attached hydrogen (secondary N) is 4. The predicted molar refractivity (Wildman–Crippen MR) is 158 cm³/mol. The van der Waals surface area contributed by atoms with Gasteiger partial charge in [-0.15, -0.1) is 0 Å². The van der Waals surface area contributed by atoms with Crippen LogP contribution in [0.3, 0.4) is 0 Å². The minimum absolute atomic E-state index is 0.436. The lowest BCUT2D eigenvalue weighted by molar-refractivity contribution is 0.261. The number of ether oxygens (including phenoxy) is 2. The van der Waals surface area contributed by atoms with Crippen molar-refractivity contribution in [2.24, 2.45) is 0 Å². The molecule has 0 radical (unpaired) electrons. The van der Waals surface area contributed by atoms with Crippen molar-refractivity contribution in [3.63, 3.8) is 0 Å². The zero-order valence-corrected chi connectivity index (χ0v) is 22.5. The number of methoxy groups -OCH3 is 2. The SMILES string of the molecule is COc1cc(C)nc2ccc(NC(=O)Nc3cccc(NC(=O)Nc4ccc5nc(C)cc(OC)c5c4)c3)cc12. The molecule has 4 N–H and O–H groups in total. The number of hydrogen-bond donors (Lipinski definition) is 4. The minimum atomic E-state index is -0.436. The first-order chi connectivity index (χ1) is 19.3. The Hall–Kier alpha value is -5.38. The molecular weight excluding hydrogens is 508 g/mol. The normalized spacial score (nSPS) is 10.7. The Labute approximate surface area is 230 Å². The quantitative estimate of drug-likeness (QED) is 0.191. The lowest BCUT2D eigenvalue weighted by Gasteiger charge is -2.12. The molecule has 4 amide bonds. The van der Waals surface area contributed by atoms with E-state index in [0.717, 1.165) is 33.2 Å². The Bertz CT molecular complexity index is 1630. The standard InChI is InChI=1S/C30H28N6O4/c1-17-12-27(39-3)23-15-21(8-10-25(23)31-17)35-29(37)33-19-6-5-7-20(14-19)34-30(38)36-22-9-11-26-24(16-22)28(40-4)13-18(2)32-26/h5-16H,1-4H3,(H2,33,35,37)(H2,34,36,38). The van der Waals surface area contributed by atoms with Crippen LogP contribution in [0.15, 0.2) is 72.8 Å². The molecule has 0 aliphatic rings. The van der Waals surface area contributed by atoms with Crippen molar-refractivity contribution in [3.8, 4) is 11.5 Å². The van der Waals surface area contributed by atoms with E-state index in [1.165, 1.54) is 0 Å². The number of aryl methyl sites for hydroxylation is 2. The molecule has 10 heteroatoms. The molecule has 202 valence electrons. The molecule has 0 bridgehead atoms. The number of carbonyl (C=O) groups excluding carboxylic acids is 2. The van der Waals surface area contributed by atoms with E-state index in [1.807, 2.05) is 50.2 Å². The van der Waals surface area contributed by atoms with Crippen LogP contribution in [0, 0.1) is 13.8 Å². The highest BCUT2D eigenvalue weighted by atomic mass is 16.5. The fourth-order valence-electron chi connectivity index (χ4n) is 4.40. The van der Waals surface area contributed by atoms with Gasteiger partial charge in [-0.2, -0.15) is 0 Å². The molecule has 0 spiro atoms. The molecule has 40 heavy (non-hydrogen) atoms. The first kappa shape index (κ1) is 26.2. The van der Waals surface area contributed by atoms with Gasteiger partial charge >= 0.3 is 12.1 Å². The second-order valence-corrected chi connectivity index (χ2v) is 9.13. The Morgan fingerprint density at radius 2 is 0.975 bits per heavy atom. The second-order valence-electron chi connectivity index (χ2n) is 9.13. The Morgan fingerprint density at radius 3 is 1.38 bits per heavy atom. The molecule has 0 unspecified atom stereocenters. The van der Waals surface area contributed by atoms with Crippen LogP contribution in [0.5, 0.6) is 11.5 Å². The van der Waals surface area contributed by atoms with E-state index >= 15 is 0 Å². The van der Waals surface area contributed by atoms with E-state index in [1.54, 1.807) is 50.6 Å². The van der Waals surface area contributed by atoms with Crippen LogP contribution in [0.2, 0.25) is 0 Å². The van der Waals surface area contributed by atoms with Gasteiger partial charge in [0.25, 0.3) is 0 Å². The van der Waals surface area contributed by atoms with Crippen LogP contribution in [-0.2, 0) is 0 Å². The molecule has 0 aliphatic heterocycles. The highest BCUT2D eigenvalue weighted by molar-refractivity contribution is 6.04. The molecule has 0 saturated heterocycles. The minimum Gasteiger partial charge on any atom is -0.496 e. The number of aromatic nitrogens is 2. The molecule has 0 saturated carbocycles. The van der Waals surface area contributed by atoms with E-state index in [2.05, 4.69) is 31.2 Å². The molecule has 0 fully saturated rings. The van der Waals surface area contributed by atoms with Crippen LogP contribution in [0.1, 0.15) is 11.4 Å². The van der Waals surface area contributed by atoms with Crippen LogP contribution < -0.4 is 30.7 Å². The third kappa shape index (κ3) is 5.86. The van der Waals surface area contributed by atoms with Crippen LogP contribution in [0.25, 0.3) is 21.8 Å². The Morgan fingerprint density at radius 1 is 0.575 bits per heavy atom. The van der Waals surface area contributed by atoms with E-state index in [0.29, 0.717) is 34.2 Å². The van der Waals surface area contributed by atoms with Crippen molar-refractivity contribution >= 4 is 56.6 Å². The molecule has 0 atom stereocenters. The molecule has 10 nitrogen and oxygen atoms in total. The van der Waals surface area contributed by atoms with Gasteiger partial charge in [0.15, 0.2) is 0 Å². The van der Waals surface area contributed by atoms with Crippen molar-refractivity contribution < 1.29 is 19.1 Å². The number of urea groups is 2. The zero-order valence-electron chi connectivity index (χ0n) is 22.5. The van der Waals surface area contributed by atoms with E-state index in [4.69, 9.17) is 9.47 Å². The van der Waals surface area contributed by atoms with Gasteiger partial charge in [0.2, 0.25) is 0 Å². The molecule has 5 aromatic rings. The summed E-state index contributed by atoms with van der Waals surface area (Å²) in [5.74, 6) is 1.36. The number of hydrogen-bond acceptors (Lipinski definition) is 6. The molecular formula is C30H28N6O4. The number of amides is 4. The third-order valence-corrected chi connectivity index (χ3v) is 6.13. The number of pyridine rings is 2. The van der Waals surface area contributed by atoms with Gasteiger partial charge < -0.3 is 30.7 Å². The average Bonchev–Trinajstić information content (AvgIpc) is 2.92. The first-order valence-corrected chi connectivity index (χ1v) is 12.5. The van der Waals surface area contributed by atoms with Crippen molar-refractivity contribution in [1.82, 2.24) is 9.97 Å². The summed E-state index contributed by atoms with van der Waals surface area (Å²) in [7, 11) is 3.19. The summed E-state index contributed by atoms with van der Waals surface area (Å²) in [4.78, 5) is 34.4. The fraction of sp³-hybridized carbons (Fsp3) is 0.133. The molecule has 0 aliphatic carbocycles. The number of carbonyl (C=O) groups is 2. The summed E-state index contributed by atoms with van der Waals surface area (Å²) >= 11 is 0. The predicted octanol–water partition coefficient (Wildman–Crippen LogP) is 6.71. The topological polar surface area (TPSA) is 126 Å². The van der Waals surface area contributed by atoms with Crippen LogP contribution in [-0.4, -0.2) is 36.2 Å². The van der Waals surface area contributed by atoms with Crippen molar-refractivity contribution in [1.29, 1.82) is 0 Å². The molecule has 5 rings (SSSR count). The number of nitrogens with zero attached hydrogens (tertiary/aromatic N) is 2. The highest BCUT2D eigenvalue weighted by Gasteiger charge is 2.11. The van der Waals surface area contributed by atoms with Gasteiger partial charge in [0.05, 0.1) is 25.3 Å². The van der Waals surface area contributed by atoms with Gasteiger partial charge in [0, 0.05) is 57.0 Å². The van der Waals surface area contributed by atoms with E-state index in [-0.39, 0.29) is 0 Å². The fourth-order valence-corrected chi connectivity index (χ4v) is 4.40. The van der Waals surface area contributed by atoms with Gasteiger partial charge in [-0.1, -0.05) is 6.07 Å². The monoisotopic (exact) mass is 536 g/mol. The lowest BCUT2D eigenvalue weighted by Crippen LogP contribution is -2.21. The third-order valence-electron chi connectivity index (χ3n) is 6.13. The van der Waals surface area contributed by atoms with Gasteiger partial charge in [0.1, 0.15) is 11.5 Å². The average molecular weight is 537 g/mol. The molecule has 3 aromatic carbocycles. The van der Waals surface area contributed by atoms with Crippen molar-refractivity contribution in [3.05, 3.63) is 84.2 Å². The lowest BCUT2D eigenvalue weighted by atomic mass is 10.1. The summed E-state index contributed by atoms with van der Waals surface area (Å²) < 4.78 is 10.9. The maximum absolute atomic E-state index is 12.7. The summed E-state index contributed by atoms with van der Waals surface area (Å²) in [6, 6.07) is 20.5. The summed E-state index contributed by atoms with van der Waals surface area (Å²) in [5, 5.41) is 12.8. The van der Waals surface area contributed by atoms with Crippen molar-refractivity contribution in [2.45, 2.75) is 13.8 Å². The summed E-state index contributed by atoms with van der Waals surface area (Å²) in [5.41, 5.74) is 5.40. The zero-order chi connectivity index (χ0) is 28.2. The summed E-state index contributed by atoms with van der Waals surface area (Å²) in [6.07, 6.45) is 0. The Kier molecular flexibility index (Phi) is 7.32. The highest BCUT2D eigenvalue weighted by Crippen LogP contribution is 2.29. The number of benzene rings is 3. The van der Waals surface area contributed by atoms with Crippen molar-refractivity contribution in [2.75, 3.05) is 35.5 Å². The Balaban J connectivity index is 1.23. The van der Waals surface area contributed by atoms with E-state index < -0.39 is 12.1 Å².